The second-order valence-electron chi connectivity index (χ2n) is 7.02. The lowest BCUT2D eigenvalue weighted by Gasteiger charge is -2.30. The summed E-state index contributed by atoms with van der Waals surface area (Å²) >= 11 is 0. The van der Waals surface area contributed by atoms with Gasteiger partial charge in [-0.2, -0.15) is 17.2 Å². The molecule has 2 aliphatic carbocycles. The summed E-state index contributed by atoms with van der Waals surface area (Å²) in [4.78, 5) is 0. The van der Waals surface area contributed by atoms with Crippen LogP contribution in [-0.2, 0) is 19.6 Å². The molecule has 2 bridgehead atoms. The topological polar surface area (TPSA) is 72.8 Å². The molecule has 1 aliphatic heterocycles. The van der Waals surface area contributed by atoms with Gasteiger partial charge < -0.3 is 9.47 Å². The van der Waals surface area contributed by atoms with Crippen molar-refractivity contribution >= 4 is 10.1 Å². The van der Waals surface area contributed by atoms with Crippen LogP contribution in [0.4, 0.5) is 8.78 Å². The molecule has 8 heteroatoms. The molecule has 0 radical (unpaired) electrons. The Balaban J connectivity index is 1.72. The van der Waals surface area contributed by atoms with E-state index in [0.717, 1.165) is 19.3 Å². The van der Waals surface area contributed by atoms with Gasteiger partial charge in [0.15, 0.2) is 5.79 Å². The fraction of sp³-hybridized carbons (Fsp3) is 1.00. The van der Waals surface area contributed by atoms with E-state index in [2.05, 4.69) is 0 Å². The molecule has 2 saturated carbocycles. The Morgan fingerprint density at radius 2 is 1.91 bits per heavy atom. The molecule has 1 heterocycles. The Hall–Kier alpha value is -0.310. The molecule has 0 aromatic heterocycles. The molecule has 22 heavy (non-hydrogen) atoms. The summed E-state index contributed by atoms with van der Waals surface area (Å²) < 4.78 is 69.5. The molecule has 3 rings (SSSR count). The fourth-order valence-electron chi connectivity index (χ4n) is 4.52. The van der Waals surface area contributed by atoms with Crippen LogP contribution in [0.2, 0.25) is 0 Å². The third-order valence-corrected chi connectivity index (χ3v) is 6.27. The molecule has 6 unspecified atom stereocenters. The molecule has 0 amide bonds. The van der Waals surface area contributed by atoms with Crippen molar-refractivity contribution in [3.8, 4) is 0 Å². The fourth-order valence-corrected chi connectivity index (χ4v) is 4.95. The first-order chi connectivity index (χ1) is 10.1. The Labute approximate surface area is 129 Å². The largest absolute Gasteiger partial charge is 0.370 e. The van der Waals surface area contributed by atoms with Crippen LogP contribution < -0.4 is 0 Å². The average Bonchev–Trinajstić information content (AvgIpc) is 2.96. The van der Waals surface area contributed by atoms with Crippen LogP contribution >= 0.6 is 0 Å². The van der Waals surface area contributed by atoms with Crippen molar-refractivity contribution < 1.29 is 31.2 Å². The SMILES string of the molecule is CCCC1(C)OC2C3CC(CC(F)(F)S(=O)(=O)O)C(C3)C2O1. The number of hydrogen-bond acceptors (Lipinski definition) is 4. The van der Waals surface area contributed by atoms with Gasteiger partial charge >= 0.3 is 15.4 Å². The highest BCUT2D eigenvalue weighted by molar-refractivity contribution is 7.86. The van der Waals surface area contributed by atoms with Crippen molar-refractivity contribution in [3.63, 3.8) is 0 Å². The van der Waals surface area contributed by atoms with E-state index >= 15 is 0 Å². The first-order valence-corrected chi connectivity index (χ1v) is 9.21. The third-order valence-electron chi connectivity index (χ3n) is 5.35. The van der Waals surface area contributed by atoms with E-state index in [1.54, 1.807) is 0 Å². The Morgan fingerprint density at radius 1 is 1.27 bits per heavy atom. The van der Waals surface area contributed by atoms with Gasteiger partial charge in [-0.25, -0.2) is 0 Å². The maximum atomic E-state index is 13.6. The lowest BCUT2D eigenvalue weighted by molar-refractivity contribution is -0.176. The van der Waals surface area contributed by atoms with Gasteiger partial charge in [-0.3, -0.25) is 4.55 Å². The highest BCUT2D eigenvalue weighted by Gasteiger charge is 2.62. The minimum absolute atomic E-state index is 0.0721. The van der Waals surface area contributed by atoms with Crippen LogP contribution in [0, 0.1) is 17.8 Å². The van der Waals surface area contributed by atoms with Crippen molar-refractivity contribution in [3.05, 3.63) is 0 Å². The number of rotatable bonds is 5. The second-order valence-corrected chi connectivity index (χ2v) is 8.57. The predicted octanol–water partition coefficient (Wildman–Crippen LogP) is 2.81. The Kier molecular flexibility index (Phi) is 3.83. The first-order valence-electron chi connectivity index (χ1n) is 7.77. The van der Waals surface area contributed by atoms with Gasteiger partial charge in [-0.1, -0.05) is 13.3 Å². The van der Waals surface area contributed by atoms with Crippen LogP contribution in [0.3, 0.4) is 0 Å². The van der Waals surface area contributed by atoms with Crippen LogP contribution in [-0.4, -0.2) is 36.2 Å². The van der Waals surface area contributed by atoms with Crippen molar-refractivity contribution in [2.45, 2.75) is 69.2 Å². The monoisotopic (exact) mass is 340 g/mol. The van der Waals surface area contributed by atoms with Gasteiger partial charge in [0.05, 0.1) is 12.2 Å². The van der Waals surface area contributed by atoms with E-state index in [9.17, 15) is 17.2 Å². The summed E-state index contributed by atoms with van der Waals surface area (Å²) in [5.41, 5.74) is 0. The summed E-state index contributed by atoms with van der Waals surface area (Å²) in [6.45, 7) is 3.90. The van der Waals surface area contributed by atoms with E-state index in [1.807, 2.05) is 13.8 Å². The second kappa shape index (κ2) is 5.09. The minimum atomic E-state index is -5.37. The van der Waals surface area contributed by atoms with Gasteiger partial charge in [-0.15, -0.1) is 0 Å². The van der Waals surface area contributed by atoms with Crippen LogP contribution in [0.1, 0.15) is 46.0 Å². The summed E-state index contributed by atoms with van der Waals surface area (Å²) in [6, 6.07) is 0. The van der Waals surface area contributed by atoms with Gasteiger partial charge in [0, 0.05) is 12.8 Å². The molecule has 0 spiro atoms. The van der Waals surface area contributed by atoms with Gasteiger partial charge in [0.1, 0.15) is 0 Å². The van der Waals surface area contributed by atoms with Crippen LogP contribution in [0.25, 0.3) is 0 Å². The van der Waals surface area contributed by atoms with Crippen molar-refractivity contribution in [2.24, 2.45) is 17.8 Å². The van der Waals surface area contributed by atoms with Gasteiger partial charge in [0.2, 0.25) is 0 Å². The predicted molar refractivity (Wildman–Crippen MR) is 73.9 cm³/mol. The summed E-state index contributed by atoms with van der Waals surface area (Å²) in [5, 5.41) is -4.09. The Bertz CT molecular complexity index is 551. The zero-order valence-corrected chi connectivity index (χ0v) is 13.5. The maximum absolute atomic E-state index is 13.6. The normalized spacial score (nSPS) is 44.5. The molecule has 0 aromatic carbocycles. The number of halogens is 2. The highest BCUT2D eigenvalue weighted by atomic mass is 32.2. The van der Waals surface area contributed by atoms with Crippen molar-refractivity contribution in [1.82, 2.24) is 0 Å². The molecule has 128 valence electrons. The van der Waals surface area contributed by atoms with Crippen molar-refractivity contribution in [1.29, 1.82) is 0 Å². The van der Waals surface area contributed by atoms with E-state index in [-0.39, 0.29) is 24.0 Å². The maximum Gasteiger partial charge on any atom is 0.370 e. The first kappa shape index (κ1) is 16.5. The summed E-state index contributed by atoms with van der Waals surface area (Å²) in [7, 11) is -5.37. The molecule has 1 N–H and O–H groups in total. The summed E-state index contributed by atoms with van der Waals surface area (Å²) in [5.74, 6) is -1.12. The number of hydrogen-bond donors (Lipinski definition) is 1. The number of fused-ring (bicyclic) bond motifs is 5. The standard InChI is InChI=1S/C14H22F2O5S/c1-3-4-13(2)20-11-8-5-9(10(6-8)12(11)21-13)7-14(15,16)22(17,18)19/h8-12H,3-7H2,1-2H3,(H,17,18,19). The lowest BCUT2D eigenvalue weighted by Crippen LogP contribution is -2.39. The van der Waals surface area contributed by atoms with E-state index < -0.39 is 33.5 Å². The molecule has 3 fully saturated rings. The minimum Gasteiger partial charge on any atom is -0.344 e. The molecule has 6 atom stereocenters. The molecular formula is C14H22F2O5S. The summed E-state index contributed by atoms with van der Waals surface area (Å²) in [6.07, 6.45) is 1.71. The number of alkyl halides is 2. The Morgan fingerprint density at radius 3 is 2.50 bits per heavy atom. The van der Waals surface area contributed by atoms with Crippen LogP contribution in [0.15, 0.2) is 0 Å². The van der Waals surface area contributed by atoms with E-state index in [1.165, 1.54) is 0 Å². The molecular weight excluding hydrogens is 318 g/mol. The van der Waals surface area contributed by atoms with E-state index in [0.29, 0.717) is 6.42 Å². The zero-order chi connectivity index (χ0) is 16.3. The lowest BCUT2D eigenvalue weighted by atomic mass is 9.83. The molecule has 5 nitrogen and oxygen atoms in total. The van der Waals surface area contributed by atoms with Crippen LogP contribution in [0.5, 0.6) is 0 Å². The molecule has 0 aromatic rings. The number of ether oxygens (including phenoxy) is 2. The average molecular weight is 340 g/mol. The van der Waals surface area contributed by atoms with Gasteiger partial charge in [-0.05, 0) is 37.5 Å². The van der Waals surface area contributed by atoms with E-state index in [4.69, 9.17) is 14.0 Å². The molecule has 3 aliphatic rings. The quantitative estimate of drug-likeness (QED) is 0.779. The van der Waals surface area contributed by atoms with Crippen molar-refractivity contribution in [2.75, 3.05) is 0 Å². The molecule has 1 saturated heterocycles. The highest BCUT2D eigenvalue weighted by Crippen LogP contribution is 2.58. The zero-order valence-electron chi connectivity index (χ0n) is 12.7. The van der Waals surface area contributed by atoms with Gasteiger partial charge in [0.25, 0.3) is 0 Å². The third kappa shape index (κ3) is 2.57. The smallest absolute Gasteiger partial charge is 0.344 e.